The maximum absolute atomic E-state index is 13.3. The average Bonchev–Trinajstić information content (AvgIpc) is 2.58. The Labute approximate surface area is 88.5 Å². The van der Waals surface area contributed by atoms with Gasteiger partial charge in [0, 0.05) is 6.04 Å². The molecule has 1 aromatic carbocycles. The first-order valence-corrected chi connectivity index (χ1v) is 5.38. The fraction of sp³-hybridized carbons (Fsp3) is 0.500. The van der Waals surface area contributed by atoms with Gasteiger partial charge in [-0.05, 0) is 37.0 Å². The van der Waals surface area contributed by atoms with Crippen LogP contribution in [0, 0.1) is 17.6 Å². The zero-order chi connectivity index (χ0) is 10.8. The second-order valence-electron chi connectivity index (χ2n) is 4.28. The van der Waals surface area contributed by atoms with Crippen molar-refractivity contribution in [2.45, 2.75) is 32.2 Å². The molecule has 3 heteroatoms. The van der Waals surface area contributed by atoms with Crippen LogP contribution >= 0.6 is 0 Å². The molecule has 0 aliphatic heterocycles. The number of anilines is 1. The van der Waals surface area contributed by atoms with Crippen LogP contribution in [-0.4, -0.2) is 6.04 Å². The van der Waals surface area contributed by atoms with Crippen molar-refractivity contribution < 1.29 is 8.78 Å². The van der Waals surface area contributed by atoms with E-state index in [-0.39, 0.29) is 17.5 Å². The number of hydrogen-bond donors (Lipinski definition) is 1. The Kier molecular flexibility index (Phi) is 2.89. The molecule has 0 radical (unpaired) electrons. The van der Waals surface area contributed by atoms with E-state index in [2.05, 4.69) is 12.2 Å². The minimum absolute atomic E-state index is 0.279. The molecule has 1 aliphatic carbocycles. The molecule has 15 heavy (non-hydrogen) atoms. The molecule has 0 heterocycles. The third kappa shape index (κ3) is 2.28. The van der Waals surface area contributed by atoms with Gasteiger partial charge in [0.15, 0.2) is 0 Å². The van der Waals surface area contributed by atoms with E-state index in [0.717, 1.165) is 31.4 Å². The van der Waals surface area contributed by atoms with Gasteiger partial charge in [0.05, 0.1) is 5.69 Å². The Hall–Kier alpha value is -1.12. The SMILES string of the molecule is C[C@@H]1CCC[C@@H]1Nc1cc(F)ccc1F. The van der Waals surface area contributed by atoms with Crippen molar-refractivity contribution >= 4 is 5.69 Å². The van der Waals surface area contributed by atoms with Crippen LogP contribution in [0.4, 0.5) is 14.5 Å². The van der Waals surface area contributed by atoms with Crippen LogP contribution < -0.4 is 5.32 Å². The van der Waals surface area contributed by atoms with Crippen molar-refractivity contribution in [2.75, 3.05) is 5.32 Å². The molecular formula is C12H15F2N. The number of halogens is 2. The van der Waals surface area contributed by atoms with E-state index in [1.165, 1.54) is 6.07 Å². The van der Waals surface area contributed by atoms with Gasteiger partial charge in [0.1, 0.15) is 11.6 Å². The monoisotopic (exact) mass is 211 g/mol. The quantitative estimate of drug-likeness (QED) is 0.788. The van der Waals surface area contributed by atoms with E-state index < -0.39 is 5.82 Å². The van der Waals surface area contributed by atoms with Crippen molar-refractivity contribution in [2.24, 2.45) is 5.92 Å². The van der Waals surface area contributed by atoms with Gasteiger partial charge in [-0.25, -0.2) is 8.78 Å². The highest BCUT2D eigenvalue weighted by Crippen LogP contribution is 2.28. The standard InChI is InChI=1S/C12H15F2N/c1-8-3-2-4-11(8)15-12-7-9(13)5-6-10(12)14/h5-8,11,15H,2-4H2,1H3/t8-,11+/m1/s1. The summed E-state index contributed by atoms with van der Waals surface area (Å²) >= 11 is 0. The topological polar surface area (TPSA) is 12.0 Å². The summed E-state index contributed by atoms with van der Waals surface area (Å²) in [6, 6.07) is 3.80. The van der Waals surface area contributed by atoms with Crippen molar-refractivity contribution in [3.05, 3.63) is 29.8 Å². The molecule has 2 rings (SSSR count). The van der Waals surface area contributed by atoms with Crippen molar-refractivity contribution in [1.29, 1.82) is 0 Å². The van der Waals surface area contributed by atoms with Gasteiger partial charge in [-0.2, -0.15) is 0 Å². The summed E-state index contributed by atoms with van der Waals surface area (Å²) in [6.45, 7) is 2.14. The fourth-order valence-electron chi connectivity index (χ4n) is 2.17. The molecule has 0 amide bonds. The molecule has 1 saturated carbocycles. The van der Waals surface area contributed by atoms with Crippen LogP contribution in [0.25, 0.3) is 0 Å². The third-order valence-electron chi connectivity index (χ3n) is 3.13. The van der Waals surface area contributed by atoms with Crippen molar-refractivity contribution in [1.82, 2.24) is 0 Å². The van der Waals surface area contributed by atoms with Crippen LogP contribution in [0.5, 0.6) is 0 Å². The van der Waals surface area contributed by atoms with Gasteiger partial charge in [0.25, 0.3) is 0 Å². The number of benzene rings is 1. The summed E-state index contributed by atoms with van der Waals surface area (Å²) in [7, 11) is 0. The largest absolute Gasteiger partial charge is 0.380 e. The minimum Gasteiger partial charge on any atom is -0.380 e. The van der Waals surface area contributed by atoms with Crippen molar-refractivity contribution in [3.8, 4) is 0 Å². The molecular weight excluding hydrogens is 196 g/mol. The maximum atomic E-state index is 13.3. The van der Waals surface area contributed by atoms with E-state index >= 15 is 0 Å². The normalized spacial score (nSPS) is 25.5. The number of hydrogen-bond acceptors (Lipinski definition) is 1. The lowest BCUT2D eigenvalue weighted by atomic mass is 10.1. The smallest absolute Gasteiger partial charge is 0.146 e. The van der Waals surface area contributed by atoms with E-state index in [1.807, 2.05) is 0 Å². The average molecular weight is 211 g/mol. The first-order chi connectivity index (χ1) is 7.16. The highest BCUT2D eigenvalue weighted by molar-refractivity contribution is 5.46. The highest BCUT2D eigenvalue weighted by atomic mass is 19.1. The summed E-state index contributed by atoms with van der Waals surface area (Å²) in [5.74, 6) is -0.243. The number of rotatable bonds is 2. The molecule has 2 atom stereocenters. The fourth-order valence-corrected chi connectivity index (χ4v) is 2.17. The molecule has 0 saturated heterocycles. The van der Waals surface area contributed by atoms with E-state index in [9.17, 15) is 8.78 Å². The summed E-state index contributed by atoms with van der Waals surface area (Å²) in [6.07, 6.45) is 3.36. The molecule has 1 nitrogen and oxygen atoms in total. The van der Waals surface area contributed by atoms with Gasteiger partial charge >= 0.3 is 0 Å². The Morgan fingerprint density at radius 1 is 1.27 bits per heavy atom. The van der Waals surface area contributed by atoms with E-state index in [1.54, 1.807) is 0 Å². The molecule has 1 aromatic rings. The minimum atomic E-state index is -0.399. The molecule has 0 spiro atoms. The second kappa shape index (κ2) is 4.17. The maximum Gasteiger partial charge on any atom is 0.146 e. The van der Waals surface area contributed by atoms with Crippen molar-refractivity contribution in [3.63, 3.8) is 0 Å². The highest BCUT2D eigenvalue weighted by Gasteiger charge is 2.23. The molecule has 82 valence electrons. The molecule has 1 fully saturated rings. The summed E-state index contributed by atoms with van der Waals surface area (Å²) in [5.41, 5.74) is 0.286. The van der Waals surface area contributed by atoms with Gasteiger partial charge in [0.2, 0.25) is 0 Å². The lowest BCUT2D eigenvalue weighted by Crippen LogP contribution is -2.22. The van der Waals surface area contributed by atoms with Gasteiger partial charge in [-0.15, -0.1) is 0 Å². The van der Waals surface area contributed by atoms with E-state index in [0.29, 0.717) is 5.92 Å². The lowest BCUT2D eigenvalue weighted by molar-refractivity contribution is 0.547. The van der Waals surface area contributed by atoms with Crippen LogP contribution in [0.3, 0.4) is 0 Å². The zero-order valence-electron chi connectivity index (χ0n) is 8.76. The Bertz CT molecular complexity index is 351. The first kappa shape index (κ1) is 10.4. The summed E-state index contributed by atoms with van der Waals surface area (Å²) < 4.78 is 26.2. The van der Waals surface area contributed by atoms with Crippen LogP contribution in [0.15, 0.2) is 18.2 Å². The first-order valence-electron chi connectivity index (χ1n) is 5.38. The van der Waals surface area contributed by atoms with Gasteiger partial charge in [-0.3, -0.25) is 0 Å². The molecule has 0 bridgehead atoms. The molecule has 0 aromatic heterocycles. The Morgan fingerprint density at radius 2 is 2.07 bits per heavy atom. The van der Waals surface area contributed by atoms with Crippen LogP contribution in [0.2, 0.25) is 0 Å². The van der Waals surface area contributed by atoms with E-state index in [4.69, 9.17) is 0 Å². The predicted octanol–water partition coefficient (Wildman–Crippen LogP) is 3.57. The zero-order valence-corrected chi connectivity index (χ0v) is 8.76. The predicted molar refractivity (Wildman–Crippen MR) is 56.8 cm³/mol. The molecule has 0 unspecified atom stereocenters. The van der Waals surface area contributed by atoms with Crippen LogP contribution in [-0.2, 0) is 0 Å². The van der Waals surface area contributed by atoms with Crippen LogP contribution in [0.1, 0.15) is 26.2 Å². The van der Waals surface area contributed by atoms with Gasteiger partial charge < -0.3 is 5.32 Å². The number of nitrogens with one attached hydrogen (secondary N) is 1. The molecule has 1 aliphatic rings. The third-order valence-corrected chi connectivity index (χ3v) is 3.13. The Morgan fingerprint density at radius 3 is 2.73 bits per heavy atom. The second-order valence-corrected chi connectivity index (χ2v) is 4.28. The molecule has 1 N–H and O–H groups in total. The summed E-state index contributed by atoms with van der Waals surface area (Å²) in [4.78, 5) is 0. The van der Waals surface area contributed by atoms with Gasteiger partial charge in [-0.1, -0.05) is 13.3 Å². The lowest BCUT2D eigenvalue weighted by Gasteiger charge is -2.19. The summed E-state index contributed by atoms with van der Waals surface area (Å²) in [5, 5.41) is 3.08. The Balaban J connectivity index is 2.12.